The number of aromatic nitrogens is 2. The van der Waals surface area contributed by atoms with E-state index in [1.165, 1.54) is 12.1 Å². The fourth-order valence-electron chi connectivity index (χ4n) is 5.45. The highest BCUT2D eigenvalue weighted by Crippen LogP contribution is 2.36. The van der Waals surface area contributed by atoms with Gasteiger partial charge in [0.2, 0.25) is 5.28 Å². The van der Waals surface area contributed by atoms with Gasteiger partial charge in [-0.25, -0.2) is 27.5 Å². The van der Waals surface area contributed by atoms with Gasteiger partial charge in [0.1, 0.15) is 23.6 Å². The van der Waals surface area contributed by atoms with Crippen LogP contribution in [-0.2, 0) is 17.6 Å². The molecular weight excluding hydrogens is 508 g/mol. The first-order valence-corrected chi connectivity index (χ1v) is 13.4. The minimum absolute atomic E-state index is 0.0418. The molecule has 0 bridgehead atoms. The summed E-state index contributed by atoms with van der Waals surface area (Å²) in [6, 6.07) is 3.30. The summed E-state index contributed by atoms with van der Waals surface area (Å²) in [4.78, 5) is 21.6. The minimum Gasteiger partial charge on any atom is -0.363 e. The van der Waals surface area contributed by atoms with Gasteiger partial charge in [0.05, 0.1) is 17.3 Å². The van der Waals surface area contributed by atoms with Crippen molar-refractivity contribution in [3.8, 4) is 0 Å². The second-order valence-electron chi connectivity index (χ2n) is 10.2. The number of ketones is 1. The highest BCUT2D eigenvalue weighted by atomic mass is 35.5. The highest BCUT2D eigenvalue weighted by Gasteiger charge is 2.30. The number of Topliss-reactive ketones (excluding diaryl/α,β-unsaturated/α-hetero) is 1. The number of alkyl halides is 3. The topological polar surface area (TPSA) is 66.9 Å². The third kappa shape index (κ3) is 6.99. The van der Waals surface area contributed by atoms with Crippen LogP contribution < -0.4 is 10.6 Å². The van der Waals surface area contributed by atoms with Crippen molar-refractivity contribution in [2.24, 2.45) is 11.8 Å². The zero-order valence-electron chi connectivity index (χ0n) is 20.9. The Bertz CT molecular complexity index is 1100. The molecule has 0 saturated carbocycles. The fraction of sp³-hybridized carbons (Fsp3) is 0.593. The fourth-order valence-corrected chi connectivity index (χ4v) is 5.63. The van der Waals surface area contributed by atoms with Gasteiger partial charge in [-0.1, -0.05) is 24.6 Å². The molecule has 1 aliphatic heterocycles. The van der Waals surface area contributed by atoms with Crippen molar-refractivity contribution in [2.75, 3.05) is 18.4 Å². The quantitative estimate of drug-likeness (QED) is 0.293. The number of nitrogens with one attached hydrogen (secondary N) is 2. The molecule has 4 rings (SSSR count). The first kappa shape index (κ1) is 27.8. The molecule has 1 aromatic heterocycles. The smallest absolute Gasteiger partial charge is 0.266 e. The number of hydrogen-bond acceptors (Lipinski definition) is 5. The maximum Gasteiger partial charge on any atom is 0.266 e. The van der Waals surface area contributed by atoms with Crippen molar-refractivity contribution in [2.45, 2.75) is 76.9 Å². The number of rotatable bonds is 8. The molecule has 1 saturated heterocycles. The molecule has 0 amide bonds. The molecule has 0 spiro atoms. The van der Waals surface area contributed by atoms with Crippen LogP contribution in [0.2, 0.25) is 5.28 Å². The largest absolute Gasteiger partial charge is 0.363 e. The van der Waals surface area contributed by atoms with E-state index >= 15 is 0 Å². The number of carbonyl (C=O) groups excluding carboxylic acids is 1. The lowest BCUT2D eigenvalue weighted by atomic mass is 9.88. The monoisotopic (exact) mass is 540 g/mol. The molecule has 37 heavy (non-hydrogen) atoms. The van der Waals surface area contributed by atoms with E-state index in [-0.39, 0.29) is 34.9 Å². The number of hydrogen-bond donors (Lipinski definition) is 2. The Kier molecular flexibility index (Phi) is 9.40. The predicted molar refractivity (Wildman–Crippen MR) is 135 cm³/mol. The van der Waals surface area contributed by atoms with E-state index in [0.717, 1.165) is 43.1 Å². The Balaban J connectivity index is 1.41. The van der Waals surface area contributed by atoms with Crippen LogP contribution in [0.1, 0.15) is 80.3 Å². The van der Waals surface area contributed by atoms with Gasteiger partial charge in [0, 0.05) is 30.0 Å². The molecule has 3 unspecified atom stereocenters. The van der Waals surface area contributed by atoms with Crippen molar-refractivity contribution in [1.82, 2.24) is 15.3 Å². The van der Waals surface area contributed by atoms with Crippen LogP contribution in [0.3, 0.4) is 0 Å². The first-order chi connectivity index (χ1) is 17.7. The Morgan fingerprint density at radius 1 is 1.22 bits per heavy atom. The maximum atomic E-state index is 14.7. The molecule has 1 fully saturated rings. The van der Waals surface area contributed by atoms with Crippen LogP contribution in [0, 0.1) is 17.7 Å². The average molecular weight is 541 g/mol. The summed E-state index contributed by atoms with van der Waals surface area (Å²) in [5.41, 5.74) is 1.08. The van der Waals surface area contributed by atoms with Crippen molar-refractivity contribution >= 4 is 23.2 Å². The molecule has 2 aliphatic rings. The first-order valence-electron chi connectivity index (χ1n) is 13.0. The summed E-state index contributed by atoms with van der Waals surface area (Å²) in [5, 5.41) is 6.27. The van der Waals surface area contributed by atoms with Crippen LogP contribution in [0.4, 0.5) is 23.4 Å². The number of fused-ring (bicyclic) bond motifs is 1. The van der Waals surface area contributed by atoms with Crippen molar-refractivity contribution in [3.05, 3.63) is 51.7 Å². The van der Waals surface area contributed by atoms with Crippen LogP contribution in [0.5, 0.6) is 0 Å². The number of nitrogens with zero attached hydrogens (tertiary/aromatic N) is 2. The summed E-state index contributed by atoms with van der Waals surface area (Å²) < 4.78 is 55.2. The second kappa shape index (κ2) is 12.5. The van der Waals surface area contributed by atoms with E-state index in [1.54, 1.807) is 6.92 Å². The van der Waals surface area contributed by atoms with Gasteiger partial charge >= 0.3 is 0 Å². The predicted octanol–water partition coefficient (Wildman–Crippen LogP) is 6.56. The van der Waals surface area contributed by atoms with Gasteiger partial charge in [-0.2, -0.15) is 0 Å². The van der Waals surface area contributed by atoms with E-state index in [9.17, 15) is 22.4 Å². The second-order valence-corrected chi connectivity index (χ2v) is 10.5. The molecule has 4 atom stereocenters. The summed E-state index contributed by atoms with van der Waals surface area (Å²) >= 11 is 6.16. The molecule has 2 N–H and O–H groups in total. The zero-order valence-corrected chi connectivity index (χ0v) is 21.6. The van der Waals surface area contributed by atoms with E-state index in [4.69, 9.17) is 11.6 Å². The standard InChI is InChI=1S/C27H33ClF4N4O/c1-15(19-6-4-7-20(24(19)30)25(31)32)34-26-21-11-16(12-22(21)35-27(28)36-26)8-9-23(37)17-5-2-3-10-33-14-18(29)13-17/h4,6-7,15-18,25,33H,2-3,5,8-14H2,1H3,(H,34,35,36)/t15-,16?,17?,18?/m1/s1. The van der Waals surface area contributed by atoms with Crippen molar-refractivity contribution in [3.63, 3.8) is 0 Å². The zero-order chi connectivity index (χ0) is 26.5. The number of benzene rings is 1. The molecular formula is C27H33ClF4N4O. The number of halogens is 5. The Hall–Kier alpha value is -2.26. The summed E-state index contributed by atoms with van der Waals surface area (Å²) in [5.74, 6) is -0.472. The Morgan fingerprint density at radius 2 is 2.00 bits per heavy atom. The van der Waals surface area contributed by atoms with Crippen molar-refractivity contribution in [1.29, 1.82) is 0 Å². The van der Waals surface area contributed by atoms with E-state index in [0.29, 0.717) is 38.0 Å². The van der Waals surface area contributed by atoms with Crippen molar-refractivity contribution < 1.29 is 22.4 Å². The maximum absolute atomic E-state index is 14.7. The summed E-state index contributed by atoms with van der Waals surface area (Å²) in [7, 11) is 0. The number of carbonyl (C=O) groups is 1. The molecule has 5 nitrogen and oxygen atoms in total. The third-order valence-corrected chi connectivity index (χ3v) is 7.64. The van der Waals surface area contributed by atoms with E-state index < -0.39 is 30.0 Å². The van der Waals surface area contributed by atoms with Gasteiger partial charge in [-0.3, -0.25) is 4.79 Å². The summed E-state index contributed by atoms with van der Waals surface area (Å²) in [6.07, 6.45) is 1.21. The molecule has 10 heteroatoms. The summed E-state index contributed by atoms with van der Waals surface area (Å²) in [6.45, 7) is 2.75. The van der Waals surface area contributed by atoms with Crippen LogP contribution in [-0.4, -0.2) is 35.0 Å². The lowest BCUT2D eigenvalue weighted by Crippen LogP contribution is -2.27. The normalized spacial score (nSPS) is 23.2. The Morgan fingerprint density at radius 3 is 2.78 bits per heavy atom. The molecule has 202 valence electrons. The van der Waals surface area contributed by atoms with E-state index in [2.05, 4.69) is 20.6 Å². The lowest BCUT2D eigenvalue weighted by molar-refractivity contribution is -0.124. The van der Waals surface area contributed by atoms with Crippen LogP contribution >= 0.6 is 11.6 Å². The highest BCUT2D eigenvalue weighted by molar-refractivity contribution is 6.28. The molecule has 1 aromatic carbocycles. The SMILES string of the molecule is C[C@@H](Nc1nc(Cl)nc2c1CC(CCC(=O)C1CCCCNCC(F)C1)C2)c1cccc(C(F)F)c1F. The average Bonchev–Trinajstić information content (AvgIpc) is 3.30. The van der Waals surface area contributed by atoms with Gasteiger partial charge in [0.15, 0.2) is 0 Å². The van der Waals surface area contributed by atoms with Gasteiger partial charge in [-0.15, -0.1) is 0 Å². The van der Waals surface area contributed by atoms with Crippen LogP contribution in [0.15, 0.2) is 18.2 Å². The van der Waals surface area contributed by atoms with Gasteiger partial charge in [0.25, 0.3) is 6.43 Å². The van der Waals surface area contributed by atoms with Gasteiger partial charge in [-0.05, 0) is 69.5 Å². The Labute approximate surface area is 219 Å². The minimum atomic E-state index is -2.91. The van der Waals surface area contributed by atoms with Gasteiger partial charge < -0.3 is 10.6 Å². The third-order valence-electron chi connectivity index (χ3n) is 7.47. The lowest BCUT2D eigenvalue weighted by Gasteiger charge is -2.19. The molecule has 1 aliphatic carbocycles. The van der Waals surface area contributed by atoms with E-state index in [1.807, 2.05) is 0 Å². The number of anilines is 1. The molecule has 2 heterocycles. The molecule has 0 radical (unpaired) electrons. The van der Waals surface area contributed by atoms with Crippen LogP contribution in [0.25, 0.3) is 0 Å². The molecule has 2 aromatic rings.